The van der Waals surface area contributed by atoms with E-state index < -0.39 is 40.9 Å². The fourth-order valence-electron chi connectivity index (χ4n) is 4.61. The van der Waals surface area contributed by atoms with Crippen molar-refractivity contribution in [1.82, 2.24) is 30.2 Å². The third kappa shape index (κ3) is 26.1. The van der Waals surface area contributed by atoms with Crippen LogP contribution < -0.4 is 10.6 Å². The molecule has 2 amide bonds. The summed E-state index contributed by atoms with van der Waals surface area (Å²) in [5, 5.41) is 5.52. The van der Waals surface area contributed by atoms with E-state index in [4.69, 9.17) is 9.47 Å². The summed E-state index contributed by atoms with van der Waals surface area (Å²) in [7, 11) is -4.94. The molecule has 1 fully saturated rings. The molecule has 16 nitrogen and oxygen atoms in total. The van der Waals surface area contributed by atoms with Crippen LogP contribution in [0.3, 0.4) is 0 Å². The van der Waals surface area contributed by atoms with Crippen molar-refractivity contribution in [2.75, 3.05) is 116 Å². The Hall–Kier alpha value is -1.68. The van der Waals surface area contributed by atoms with E-state index in [1.165, 1.54) is 0 Å². The molecule has 292 valence electrons. The van der Waals surface area contributed by atoms with Gasteiger partial charge in [0.15, 0.2) is 17.7 Å². The van der Waals surface area contributed by atoms with Gasteiger partial charge in [-0.05, 0) is 63.1 Å². The Balaban J connectivity index is 3.16. The second-order valence-electron chi connectivity index (χ2n) is 14.0. The molecule has 0 unspecified atom stereocenters. The number of ether oxygens (including phenoxy) is 2. The SMILES string of the molecule is CC(C)(C)OC(=O)CN1CCN(CC(=O)NCCSS(C)(=O)=O)CCN(CC(=O)OC(C)(C)C)CCN(CC(=O)NCCSS(C)(=O)=O)CC1. The van der Waals surface area contributed by atoms with Crippen molar-refractivity contribution in [2.45, 2.75) is 52.7 Å². The molecular weight excluding hydrogens is 733 g/mol. The monoisotopic (exact) mass is 790 g/mol. The van der Waals surface area contributed by atoms with Crippen LogP contribution in [0.4, 0.5) is 0 Å². The summed E-state index contributed by atoms with van der Waals surface area (Å²) < 4.78 is 56.8. The number of hydrogen-bond acceptors (Lipinski definition) is 16. The molecule has 0 bridgehead atoms. The molecule has 0 saturated carbocycles. The molecule has 20 heteroatoms. The molecule has 1 heterocycles. The lowest BCUT2D eigenvalue weighted by Crippen LogP contribution is -2.51. The van der Waals surface area contributed by atoms with Gasteiger partial charge in [0.05, 0.1) is 26.2 Å². The van der Waals surface area contributed by atoms with E-state index in [1.54, 1.807) is 41.5 Å². The van der Waals surface area contributed by atoms with Crippen molar-refractivity contribution in [3.63, 3.8) is 0 Å². The molecule has 0 radical (unpaired) electrons. The van der Waals surface area contributed by atoms with Crippen LogP contribution in [-0.2, 0) is 46.4 Å². The summed E-state index contributed by atoms with van der Waals surface area (Å²) in [6.45, 7) is 14.3. The highest BCUT2D eigenvalue weighted by molar-refractivity contribution is 8.72. The molecule has 0 aromatic rings. The van der Waals surface area contributed by atoms with Gasteiger partial charge in [0.2, 0.25) is 11.8 Å². The topological polar surface area (TPSA) is 192 Å². The van der Waals surface area contributed by atoms with Crippen LogP contribution in [0.5, 0.6) is 0 Å². The van der Waals surface area contributed by atoms with Gasteiger partial charge in [0.25, 0.3) is 0 Å². The lowest BCUT2D eigenvalue weighted by molar-refractivity contribution is -0.157. The first-order chi connectivity index (χ1) is 22.9. The normalized spacial score (nSPS) is 17.3. The zero-order valence-corrected chi connectivity index (χ0v) is 34.1. The van der Waals surface area contributed by atoms with Crippen LogP contribution in [0.2, 0.25) is 0 Å². The van der Waals surface area contributed by atoms with Crippen molar-refractivity contribution in [3.05, 3.63) is 0 Å². The van der Waals surface area contributed by atoms with E-state index in [0.29, 0.717) is 52.4 Å². The number of esters is 2. The fraction of sp³-hybridized carbons (Fsp3) is 0.867. The fourth-order valence-corrected chi connectivity index (χ4v) is 7.90. The maximum absolute atomic E-state index is 12.9. The highest BCUT2D eigenvalue weighted by Crippen LogP contribution is 2.11. The van der Waals surface area contributed by atoms with Gasteiger partial charge >= 0.3 is 11.9 Å². The molecular formula is C30H58N6O10S4. The highest BCUT2D eigenvalue weighted by Gasteiger charge is 2.25. The molecule has 0 spiro atoms. The van der Waals surface area contributed by atoms with Crippen molar-refractivity contribution >= 4 is 63.1 Å². The predicted molar refractivity (Wildman–Crippen MR) is 198 cm³/mol. The number of amides is 2. The van der Waals surface area contributed by atoms with Gasteiger partial charge in [0.1, 0.15) is 11.2 Å². The quantitative estimate of drug-likeness (QED) is 0.116. The van der Waals surface area contributed by atoms with Crippen molar-refractivity contribution in [1.29, 1.82) is 0 Å². The number of nitrogens with one attached hydrogen (secondary N) is 2. The minimum Gasteiger partial charge on any atom is -0.459 e. The molecule has 0 atom stereocenters. The Morgan fingerprint density at radius 2 is 0.800 bits per heavy atom. The zero-order chi connectivity index (χ0) is 38.2. The molecule has 2 N–H and O–H groups in total. The third-order valence-electron chi connectivity index (χ3n) is 6.65. The third-order valence-corrected chi connectivity index (χ3v) is 11.8. The Bertz CT molecular complexity index is 1200. The minimum atomic E-state index is -3.23. The molecule has 1 aliphatic heterocycles. The number of hydrogen-bond donors (Lipinski definition) is 2. The van der Waals surface area contributed by atoms with Crippen molar-refractivity contribution < 1.29 is 45.5 Å². The van der Waals surface area contributed by atoms with Crippen LogP contribution in [0.25, 0.3) is 0 Å². The molecule has 50 heavy (non-hydrogen) atoms. The predicted octanol–water partition coefficient (Wildman–Crippen LogP) is -0.491. The van der Waals surface area contributed by atoms with Crippen LogP contribution in [-0.4, -0.2) is 187 Å². The molecule has 1 rings (SSSR count). The summed E-state index contributed by atoms with van der Waals surface area (Å²) >= 11 is 0. The van der Waals surface area contributed by atoms with Gasteiger partial charge in [-0.25, -0.2) is 16.8 Å². The summed E-state index contributed by atoms with van der Waals surface area (Å²) in [6, 6.07) is 0. The summed E-state index contributed by atoms with van der Waals surface area (Å²) in [6.07, 6.45) is 2.22. The van der Waals surface area contributed by atoms with Crippen LogP contribution in [0, 0.1) is 0 Å². The van der Waals surface area contributed by atoms with E-state index in [0.717, 1.165) is 34.1 Å². The second kappa shape index (κ2) is 21.8. The highest BCUT2D eigenvalue weighted by atomic mass is 33.1. The minimum absolute atomic E-state index is 0.00641. The van der Waals surface area contributed by atoms with Gasteiger partial charge < -0.3 is 20.1 Å². The largest absolute Gasteiger partial charge is 0.459 e. The lowest BCUT2D eigenvalue weighted by atomic mass is 10.2. The van der Waals surface area contributed by atoms with Gasteiger partial charge in [-0.15, -0.1) is 0 Å². The molecule has 0 aromatic heterocycles. The Kier molecular flexibility index (Phi) is 20.2. The van der Waals surface area contributed by atoms with Crippen LogP contribution in [0.15, 0.2) is 0 Å². The molecule has 0 aliphatic carbocycles. The Labute approximate surface area is 306 Å². The Morgan fingerprint density at radius 1 is 0.540 bits per heavy atom. The van der Waals surface area contributed by atoms with E-state index in [-0.39, 0.29) is 62.6 Å². The first kappa shape index (κ1) is 46.3. The van der Waals surface area contributed by atoms with E-state index in [2.05, 4.69) is 10.6 Å². The maximum atomic E-state index is 12.9. The maximum Gasteiger partial charge on any atom is 0.320 e. The van der Waals surface area contributed by atoms with Gasteiger partial charge in [-0.2, -0.15) is 0 Å². The van der Waals surface area contributed by atoms with Crippen molar-refractivity contribution in [3.8, 4) is 0 Å². The lowest BCUT2D eigenvalue weighted by Gasteiger charge is -2.34. The van der Waals surface area contributed by atoms with Gasteiger partial charge in [-0.3, -0.25) is 38.8 Å². The first-order valence-corrected chi connectivity index (χ1v) is 23.2. The van der Waals surface area contributed by atoms with Gasteiger partial charge in [0, 0.05) is 89.5 Å². The smallest absolute Gasteiger partial charge is 0.320 e. The van der Waals surface area contributed by atoms with E-state index >= 15 is 0 Å². The Morgan fingerprint density at radius 3 is 1.04 bits per heavy atom. The standard InChI is InChI=1S/C30H58N6O10S4/c1-29(2,3)45-27(39)23-35-15-11-33(21-25(37)31-9-19-47-49(7,41)42)13-17-36(24-28(40)46-30(4,5)6)18-14-34(12-16-35)22-26(38)32-10-20-48-50(8,43)44/h9-24H2,1-8H3,(H,31,37)(H,32,38). The number of nitrogens with zero attached hydrogens (tertiary/aromatic N) is 4. The van der Waals surface area contributed by atoms with Crippen LogP contribution >= 0.6 is 21.6 Å². The van der Waals surface area contributed by atoms with Crippen LogP contribution in [0.1, 0.15) is 41.5 Å². The average molecular weight is 791 g/mol. The van der Waals surface area contributed by atoms with E-state index in [1.807, 2.05) is 19.6 Å². The summed E-state index contributed by atoms with van der Waals surface area (Å²) in [5.74, 6) is -0.953. The van der Waals surface area contributed by atoms with Crippen molar-refractivity contribution in [2.24, 2.45) is 0 Å². The number of rotatable bonds is 16. The molecule has 0 aromatic carbocycles. The molecule has 1 saturated heterocycles. The molecule has 1 aliphatic rings. The number of carbonyl (C=O) groups excluding carboxylic acids is 4. The van der Waals surface area contributed by atoms with E-state index in [9.17, 15) is 36.0 Å². The zero-order valence-electron chi connectivity index (χ0n) is 30.8. The second-order valence-corrected chi connectivity index (χ2v) is 23.2. The summed E-state index contributed by atoms with van der Waals surface area (Å²) in [4.78, 5) is 59.1. The first-order valence-electron chi connectivity index (χ1n) is 16.4. The average Bonchev–Trinajstić information content (AvgIpc) is 2.91. The van der Waals surface area contributed by atoms with Gasteiger partial charge in [-0.1, -0.05) is 0 Å². The number of carbonyl (C=O) groups is 4. The summed E-state index contributed by atoms with van der Waals surface area (Å²) in [5.41, 5.74) is -1.36.